The minimum absolute atomic E-state index is 0.119. The summed E-state index contributed by atoms with van der Waals surface area (Å²) in [6.07, 6.45) is 0. The van der Waals surface area contributed by atoms with Crippen LogP contribution in [0, 0.1) is 11.6 Å². The molecule has 0 spiro atoms. The number of hydrazine groups is 1. The van der Waals surface area contributed by atoms with Gasteiger partial charge in [0.05, 0.1) is 0 Å². The first-order chi connectivity index (χ1) is 7.99. The fourth-order valence-corrected chi connectivity index (χ4v) is 0.954. The molecular formula is C9H9F2N3O2S. The average molecular weight is 261 g/mol. The lowest BCUT2D eigenvalue weighted by Gasteiger charge is -2.08. The molecule has 0 heterocycles. The number of hydrogen-bond donors (Lipinski definition) is 3. The highest BCUT2D eigenvalue weighted by Crippen LogP contribution is 2.17. The quantitative estimate of drug-likeness (QED) is 0.535. The fraction of sp³-hybridized carbons (Fsp3) is 0.111. The Labute approximate surface area is 101 Å². The lowest BCUT2D eigenvalue weighted by atomic mass is 10.3. The number of carbonyl (C=O) groups excluding carboxylic acids is 1. The second-order valence-corrected chi connectivity index (χ2v) is 3.34. The predicted molar refractivity (Wildman–Crippen MR) is 59.9 cm³/mol. The molecule has 0 aliphatic carbocycles. The van der Waals surface area contributed by atoms with Crippen molar-refractivity contribution in [3.8, 4) is 5.75 Å². The molecular weight excluding hydrogens is 252 g/mol. The van der Waals surface area contributed by atoms with Crippen molar-refractivity contribution in [2.75, 3.05) is 6.61 Å². The average Bonchev–Trinajstić information content (AvgIpc) is 2.25. The third-order valence-electron chi connectivity index (χ3n) is 1.58. The number of rotatable bonds is 3. The molecule has 0 fully saturated rings. The highest BCUT2D eigenvalue weighted by Gasteiger charge is 2.07. The van der Waals surface area contributed by atoms with Crippen molar-refractivity contribution < 1.29 is 18.3 Å². The van der Waals surface area contributed by atoms with Gasteiger partial charge in [0.25, 0.3) is 5.91 Å². The Morgan fingerprint density at radius 3 is 2.71 bits per heavy atom. The predicted octanol–water partition coefficient (Wildman–Crippen LogP) is 0.208. The van der Waals surface area contributed by atoms with Crippen LogP contribution in [0.3, 0.4) is 0 Å². The Morgan fingerprint density at radius 2 is 2.12 bits per heavy atom. The number of nitrogens with one attached hydrogen (secondary N) is 2. The van der Waals surface area contributed by atoms with E-state index in [2.05, 4.69) is 23.1 Å². The summed E-state index contributed by atoms with van der Waals surface area (Å²) >= 11 is 4.44. The lowest BCUT2D eigenvalue weighted by Crippen LogP contribution is -2.46. The molecule has 0 bridgehead atoms. The molecule has 92 valence electrons. The molecule has 0 radical (unpaired) electrons. The molecule has 1 rings (SSSR count). The van der Waals surface area contributed by atoms with Gasteiger partial charge >= 0.3 is 0 Å². The molecule has 1 aromatic carbocycles. The molecule has 4 N–H and O–H groups in total. The Morgan fingerprint density at radius 1 is 1.41 bits per heavy atom. The molecule has 8 heteroatoms. The van der Waals surface area contributed by atoms with E-state index in [1.807, 2.05) is 0 Å². The van der Waals surface area contributed by atoms with Gasteiger partial charge in [-0.1, -0.05) is 0 Å². The highest BCUT2D eigenvalue weighted by molar-refractivity contribution is 7.80. The van der Waals surface area contributed by atoms with Crippen molar-refractivity contribution in [1.82, 2.24) is 10.9 Å². The van der Waals surface area contributed by atoms with Gasteiger partial charge in [-0.2, -0.15) is 0 Å². The fourth-order valence-electron chi connectivity index (χ4n) is 0.903. The summed E-state index contributed by atoms with van der Waals surface area (Å²) < 4.78 is 30.4. The van der Waals surface area contributed by atoms with E-state index in [4.69, 9.17) is 10.5 Å². The van der Waals surface area contributed by atoms with E-state index in [1.165, 1.54) is 0 Å². The van der Waals surface area contributed by atoms with Crippen LogP contribution in [0.15, 0.2) is 18.2 Å². The molecule has 0 unspecified atom stereocenters. The normalized spacial score (nSPS) is 9.53. The standard InChI is InChI=1S/C9H9F2N3O2S/c10-5-1-2-7(6(11)3-5)16-4-8(15)13-14-9(12)17/h1-3H,4H2,(H,13,15)(H3,12,14,17). The topological polar surface area (TPSA) is 76.4 Å². The molecule has 17 heavy (non-hydrogen) atoms. The molecule has 0 saturated carbocycles. The van der Waals surface area contributed by atoms with Crippen molar-refractivity contribution in [2.45, 2.75) is 0 Å². The lowest BCUT2D eigenvalue weighted by molar-refractivity contribution is -0.123. The molecule has 1 aromatic rings. The van der Waals surface area contributed by atoms with E-state index in [0.29, 0.717) is 6.07 Å². The first-order valence-electron chi connectivity index (χ1n) is 4.41. The summed E-state index contributed by atoms with van der Waals surface area (Å²) in [7, 11) is 0. The Bertz CT molecular complexity index is 442. The summed E-state index contributed by atoms with van der Waals surface area (Å²) in [5.41, 5.74) is 9.34. The van der Waals surface area contributed by atoms with Crippen molar-refractivity contribution in [1.29, 1.82) is 0 Å². The van der Waals surface area contributed by atoms with Crippen LogP contribution >= 0.6 is 12.2 Å². The van der Waals surface area contributed by atoms with Crippen molar-refractivity contribution >= 4 is 23.2 Å². The van der Waals surface area contributed by atoms with Gasteiger partial charge in [-0.05, 0) is 24.4 Å². The van der Waals surface area contributed by atoms with Crippen LogP contribution in [0.1, 0.15) is 0 Å². The number of nitrogens with two attached hydrogens (primary N) is 1. The maximum absolute atomic E-state index is 13.1. The Balaban J connectivity index is 2.44. The number of halogens is 2. The Hall–Kier alpha value is -1.96. The van der Waals surface area contributed by atoms with Crippen molar-refractivity contribution in [3.05, 3.63) is 29.8 Å². The monoisotopic (exact) mass is 261 g/mol. The number of carbonyl (C=O) groups is 1. The van der Waals surface area contributed by atoms with Crippen LogP contribution in [0.5, 0.6) is 5.75 Å². The maximum atomic E-state index is 13.1. The van der Waals surface area contributed by atoms with E-state index in [0.717, 1.165) is 12.1 Å². The van der Waals surface area contributed by atoms with Crippen LogP contribution in [-0.2, 0) is 4.79 Å². The summed E-state index contributed by atoms with van der Waals surface area (Å²) in [6.45, 7) is -0.460. The summed E-state index contributed by atoms with van der Waals surface area (Å²) in [5, 5.41) is -0.119. The van der Waals surface area contributed by atoms with Crippen molar-refractivity contribution in [2.24, 2.45) is 5.73 Å². The van der Waals surface area contributed by atoms with Gasteiger partial charge in [0.15, 0.2) is 23.3 Å². The zero-order valence-corrected chi connectivity index (χ0v) is 9.31. The molecule has 5 nitrogen and oxygen atoms in total. The minimum atomic E-state index is -0.889. The highest BCUT2D eigenvalue weighted by atomic mass is 32.1. The largest absolute Gasteiger partial charge is 0.481 e. The smallest absolute Gasteiger partial charge is 0.276 e. The SMILES string of the molecule is NC(=S)NNC(=O)COc1ccc(F)cc1F. The van der Waals surface area contributed by atoms with E-state index in [9.17, 15) is 13.6 Å². The summed E-state index contributed by atoms with van der Waals surface area (Å²) in [5.74, 6) is -2.45. The third-order valence-corrected chi connectivity index (χ3v) is 1.68. The Kier molecular flexibility index (Phi) is 4.58. The van der Waals surface area contributed by atoms with Gasteiger partial charge in [0.2, 0.25) is 0 Å². The number of ether oxygens (including phenoxy) is 1. The first-order valence-corrected chi connectivity index (χ1v) is 4.82. The van der Waals surface area contributed by atoms with Crippen LogP contribution < -0.4 is 21.3 Å². The number of thiocarbonyl (C=S) groups is 1. The maximum Gasteiger partial charge on any atom is 0.276 e. The van der Waals surface area contributed by atoms with Gasteiger partial charge in [-0.15, -0.1) is 0 Å². The van der Waals surface area contributed by atoms with E-state index < -0.39 is 24.1 Å². The van der Waals surface area contributed by atoms with E-state index >= 15 is 0 Å². The van der Waals surface area contributed by atoms with Gasteiger partial charge in [-0.3, -0.25) is 15.6 Å². The zero-order valence-electron chi connectivity index (χ0n) is 8.50. The van der Waals surface area contributed by atoms with E-state index in [1.54, 1.807) is 0 Å². The van der Waals surface area contributed by atoms with Gasteiger partial charge < -0.3 is 10.5 Å². The summed E-state index contributed by atoms with van der Waals surface area (Å²) in [6, 6.07) is 2.75. The molecule has 0 aliphatic heterocycles. The van der Waals surface area contributed by atoms with Crippen LogP contribution in [0.25, 0.3) is 0 Å². The van der Waals surface area contributed by atoms with Crippen LogP contribution in [0.2, 0.25) is 0 Å². The number of hydrogen-bond acceptors (Lipinski definition) is 3. The second-order valence-electron chi connectivity index (χ2n) is 2.90. The van der Waals surface area contributed by atoms with Gasteiger partial charge in [0, 0.05) is 6.07 Å². The molecule has 0 atom stereocenters. The minimum Gasteiger partial charge on any atom is -0.481 e. The number of amides is 1. The molecule has 1 amide bonds. The zero-order chi connectivity index (χ0) is 12.8. The van der Waals surface area contributed by atoms with Crippen LogP contribution in [0.4, 0.5) is 8.78 Å². The second kappa shape index (κ2) is 5.94. The molecule has 0 aliphatic rings. The number of benzene rings is 1. The van der Waals surface area contributed by atoms with Crippen molar-refractivity contribution in [3.63, 3.8) is 0 Å². The van der Waals surface area contributed by atoms with Gasteiger partial charge in [0.1, 0.15) is 5.82 Å². The third kappa shape index (κ3) is 4.60. The van der Waals surface area contributed by atoms with E-state index in [-0.39, 0.29) is 10.9 Å². The van der Waals surface area contributed by atoms with Gasteiger partial charge in [-0.25, -0.2) is 8.78 Å². The summed E-state index contributed by atoms with van der Waals surface area (Å²) in [4.78, 5) is 11.1. The molecule has 0 aromatic heterocycles. The first kappa shape index (κ1) is 13.1. The van der Waals surface area contributed by atoms with Crippen LogP contribution in [-0.4, -0.2) is 17.6 Å². The molecule has 0 saturated heterocycles.